The van der Waals surface area contributed by atoms with Crippen molar-refractivity contribution in [2.45, 2.75) is 13.0 Å². The fraction of sp³-hybridized carbons (Fsp3) is 0.250. The molecular weight excluding hydrogens is 246 g/mol. The van der Waals surface area contributed by atoms with Crippen molar-refractivity contribution in [2.75, 3.05) is 0 Å². The molecule has 0 saturated heterocycles. The molecule has 1 aromatic carbocycles. The zero-order chi connectivity index (χ0) is 9.30. The molecule has 0 aliphatic heterocycles. The van der Waals surface area contributed by atoms with Crippen molar-refractivity contribution in [3.8, 4) is 0 Å². The maximum Gasteiger partial charge on any atom is 0.148 e. The molecule has 0 heterocycles. The maximum absolute atomic E-state index is 13.2. The van der Waals surface area contributed by atoms with E-state index in [1.54, 1.807) is 6.07 Å². The molecule has 4 heteroatoms. The average molecular weight is 253 g/mol. The molecule has 0 amide bonds. The lowest BCUT2D eigenvalue weighted by molar-refractivity contribution is 0.193. The van der Waals surface area contributed by atoms with Gasteiger partial charge in [-0.15, -0.1) is 0 Å². The fourth-order valence-electron chi connectivity index (χ4n) is 0.926. The molecule has 1 rings (SSSR count). The van der Waals surface area contributed by atoms with E-state index in [9.17, 15) is 9.50 Å². The third-order valence-corrected chi connectivity index (χ3v) is 2.48. The van der Waals surface area contributed by atoms with E-state index >= 15 is 0 Å². The van der Waals surface area contributed by atoms with Gasteiger partial charge in [-0.1, -0.05) is 27.5 Å². The van der Waals surface area contributed by atoms with Crippen LogP contribution in [0.25, 0.3) is 0 Å². The van der Waals surface area contributed by atoms with Gasteiger partial charge in [0.1, 0.15) is 5.82 Å². The third-order valence-electron chi connectivity index (χ3n) is 1.50. The van der Waals surface area contributed by atoms with Crippen molar-refractivity contribution < 1.29 is 9.50 Å². The number of benzene rings is 1. The number of rotatable bonds is 1. The Morgan fingerprint density at radius 2 is 2.17 bits per heavy atom. The predicted octanol–water partition coefficient (Wildman–Crippen LogP) is 3.29. The van der Waals surface area contributed by atoms with Crippen LogP contribution in [0.1, 0.15) is 18.6 Å². The van der Waals surface area contributed by atoms with Gasteiger partial charge in [0.25, 0.3) is 0 Å². The Hall–Kier alpha value is -0.120. The van der Waals surface area contributed by atoms with Crippen molar-refractivity contribution in [2.24, 2.45) is 0 Å². The van der Waals surface area contributed by atoms with Crippen molar-refractivity contribution in [1.29, 1.82) is 0 Å². The summed E-state index contributed by atoms with van der Waals surface area (Å²) < 4.78 is 13.7. The van der Waals surface area contributed by atoms with Crippen LogP contribution in [0.3, 0.4) is 0 Å². The highest BCUT2D eigenvalue weighted by atomic mass is 79.9. The summed E-state index contributed by atoms with van der Waals surface area (Å²) in [5, 5.41) is 9.20. The van der Waals surface area contributed by atoms with Crippen LogP contribution in [0.5, 0.6) is 0 Å². The second-order valence-electron chi connectivity index (χ2n) is 2.43. The SMILES string of the molecule is C[C@H](O)c1c(Br)ccc(Cl)c1F. The van der Waals surface area contributed by atoms with Crippen LogP contribution in [0, 0.1) is 5.82 Å². The van der Waals surface area contributed by atoms with Crippen molar-refractivity contribution in [1.82, 2.24) is 0 Å². The molecule has 0 bridgehead atoms. The first-order chi connectivity index (χ1) is 5.54. The highest BCUT2D eigenvalue weighted by Gasteiger charge is 2.14. The highest BCUT2D eigenvalue weighted by Crippen LogP contribution is 2.30. The third kappa shape index (κ3) is 1.79. The summed E-state index contributed by atoms with van der Waals surface area (Å²) in [4.78, 5) is 0. The normalized spacial score (nSPS) is 13.1. The van der Waals surface area contributed by atoms with Crippen molar-refractivity contribution >= 4 is 27.5 Å². The summed E-state index contributed by atoms with van der Waals surface area (Å²) in [7, 11) is 0. The number of hydrogen-bond acceptors (Lipinski definition) is 1. The molecule has 0 aromatic heterocycles. The van der Waals surface area contributed by atoms with Gasteiger partial charge in [-0.3, -0.25) is 0 Å². The number of aliphatic hydroxyl groups excluding tert-OH is 1. The van der Waals surface area contributed by atoms with E-state index in [0.717, 1.165) is 0 Å². The Balaban J connectivity index is 3.33. The fourth-order valence-corrected chi connectivity index (χ4v) is 1.73. The first-order valence-corrected chi connectivity index (χ1v) is 4.52. The molecule has 0 spiro atoms. The van der Waals surface area contributed by atoms with Crippen LogP contribution in [-0.4, -0.2) is 5.11 Å². The number of hydrogen-bond donors (Lipinski definition) is 1. The van der Waals surface area contributed by atoms with Gasteiger partial charge in [-0.2, -0.15) is 0 Å². The van der Waals surface area contributed by atoms with E-state index in [-0.39, 0.29) is 10.6 Å². The molecule has 66 valence electrons. The first kappa shape index (κ1) is 9.96. The lowest BCUT2D eigenvalue weighted by Gasteiger charge is -2.09. The smallest absolute Gasteiger partial charge is 0.148 e. The van der Waals surface area contributed by atoms with Crippen LogP contribution in [0.15, 0.2) is 16.6 Å². The summed E-state index contributed by atoms with van der Waals surface area (Å²) in [6.45, 7) is 1.49. The molecule has 1 atom stereocenters. The van der Waals surface area contributed by atoms with E-state index in [1.807, 2.05) is 0 Å². The van der Waals surface area contributed by atoms with Gasteiger partial charge in [0.15, 0.2) is 0 Å². The van der Waals surface area contributed by atoms with Crippen LogP contribution < -0.4 is 0 Å². The van der Waals surface area contributed by atoms with Crippen LogP contribution in [0.2, 0.25) is 5.02 Å². The van der Waals surface area contributed by atoms with Crippen molar-refractivity contribution in [3.05, 3.63) is 33.0 Å². The Kier molecular flexibility index (Phi) is 3.09. The van der Waals surface area contributed by atoms with Crippen LogP contribution in [-0.2, 0) is 0 Å². The van der Waals surface area contributed by atoms with E-state index in [1.165, 1.54) is 13.0 Å². The minimum atomic E-state index is -0.863. The van der Waals surface area contributed by atoms with Crippen molar-refractivity contribution in [3.63, 3.8) is 0 Å². The minimum Gasteiger partial charge on any atom is -0.389 e. The largest absolute Gasteiger partial charge is 0.389 e. The summed E-state index contributed by atoms with van der Waals surface area (Å²) in [6, 6.07) is 3.04. The lowest BCUT2D eigenvalue weighted by Crippen LogP contribution is -1.97. The highest BCUT2D eigenvalue weighted by molar-refractivity contribution is 9.10. The minimum absolute atomic E-state index is 0.0223. The summed E-state index contributed by atoms with van der Waals surface area (Å²) in [5.74, 6) is -0.568. The van der Waals surface area contributed by atoms with Gasteiger partial charge >= 0.3 is 0 Å². The van der Waals surface area contributed by atoms with Gasteiger partial charge in [-0.25, -0.2) is 4.39 Å². The molecule has 0 unspecified atom stereocenters. The summed E-state index contributed by atoms with van der Waals surface area (Å²) in [6.07, 6.45) is -0.863. The quantitative estimate of drug-likeness (QED) is 0.762. The molecule has 0 saturated carbocycles. The van der Waals surface area contributed by atoms with Crippen LogP contribution in [0.4, 0.5) is 4.39 Å². The molecule has 1 aromatic rings. The molecule has 0 aliphatic carbocycles. The first-order valence-electron chi connectivity index (χ1n) is 3.35. The van der Waals surface area contributed by atoms with Crippen LogP contribution >= 0.6 is 27.5 Å². The number of aliphatic hydroxyl groups is 1. The van der Waals surface area contributed by atoms with Gasteiger partial charge in [0.2, 0.25) is 0 Å². The monoisotopic (exact) mass is 252 g/mol. The zero-order valence-electron chi connectivity index (χ0n) is 6.31. The zero-order valence-corrected chi connectivity index (χ0v) is 8.66. The molecule has 0 radical (unpaired) electrons. The van der Waals surface area contributed by atoms with E-state index in [2.05, 4.69) is 15.9 Å². The second-order valence-corrected chi connectivity index (χ2v) is 3.69. The van der Waals surface area contributed by atoms with E-state index < -0.39 is 11.9 Å². The Morgan fingerprint density at radius 3 is 2.58 bits per heavy atom. The van der Waals surface area contributed by atoms with Gasteiger partial charge in [0.05, 0.1) is 11.1 Å². The average Bonchev–Trinajstić information content (AvgIpc) is 1.97. The predicted molar refractivity (Wildman–Crippen MR) is 49.7 cm³/mol. The Morgan fingerprint density at radius 1 is 1.58 bits per heavy atom. The summed E-state index contributed by atoms with van der Waals surface area (Å²) >= 11 is 8.65. The van der Waals surface area contributed by atoms with Gasteiger partial charge in [0, 0.05) is 10.0 Å². The number of halogens is 3. The lowest BCUT2D eigenvalue weighted by atomic mass is 10.1. The van der Waals surface area contributed by atoms with E-state index in [0.29, 0.717) is 4.47 Å². The topological polar surface area (TPSA) is 20.2 Å². The molecule has 12 heavy (non-hydrogen) atoms. The molecule has 1 nitrogen and oxygen atoms in total. The summed E-state index contributed by atoms with van der Waals surface area (Å²) in [5.41, 5.74) is 0.197. The standard InChI is InChI=1S/C8H7BrClFO/c1-4(12)7-5(9)2-3-6(10)8(7)11/h2-4,12H,1H3/t4-/m0/s1. The second kappa shape index (κ2) is 3.73. The maximum atomic E-state index is 13.2. The molecular formula is C8H7BrClFO. The Labute approximate surface area is 83.3 Å². The molecule has 0 aliphatic rings. The molecule has 1 N–H and O–H groups in total. The van der Waals surface area contributed by atoms with E-state index in [4.69, 9.17) is 11.6 Å². The van der Waals surface area contributed by atoms with Gasteiger partial charge < -0.3 is 5.11 Å². The Bertz CT molecular complexity index is 301. The molecule has 0 fully saturated rings. The van der Waals surface area contributed by atoms with Gasteiger partial charge in [-0.05, 0) is 19.1 Å².